The van der Waals surface area contributed by atoms with E-state index >= 15 is 0 Å². The predicted molar refractivity (Wildman–Crippen MR) is 82.6 cm³/mol. The summed E-state index contributed by atoms with van der Waals surface area (Å²) in [5.41, 5.74) is 1.12. The van der Waals surface area contributed by atoms with Gasteiger partial charge in [-0.3, -0.25) is 0 Å². The van der Waals surface area contributed by atoms with Crippen molar-refractivity contribution in [2.24, 2.45) is 0 Å². The molecular weight excluding hydrogens is 268 g/mol. The average Bonchev–Trinajstić information content (AvgIpc) is 2.53. The fraction of sp³-hybridized carbons (Fsp3) is 0.333. The second-order valence-corrected chi connectivity index (χ2v) is 4.44. The van der Waals surface area contributed by atoms with Crippen molar-refractivity contribution in [2.45, 2.75) is 13.2 Å². The van der Waals surface area contributed by atoms with E-state index in [9.17, 15) is 0 Å². The largest absolute Gasteiger partial charge is 0.497 e. The molecule has 2 rings (SSSR count). The zero-order valence-electron chi connectivity index (χ0n) is 12.5. The minimum absolute atomic E-state index is 0.378. The second kappa shape index (κ2) is 7.44. The highest BCUT2D eigenvalue weighted by molar-refractivity contribution is 5.47. The topological polar surface area (TPSA) is 68.3 Å². The lowest BCUT2D eigenvalue weighted by Gasteiger charge is -2.10. The molecule has 1 aromatic heterocycles. The number of hydrogen-bond acceptors (Lipinski definition) is 6. The normalized spacial score (nSPS) is 10.2. The monoisotopic (exact) mass is 288 g/mol. The summed E-state index contributed by atoms with van der Waals surface area (Å²) in [5, 5.41) is 6.30. The van der Waals surface area contributed by atoms with E-state index in [4.69, 9.17) is 9.47 Å². The van der Waals surface area contributed by atoms with Crippen LogP contribution in [-0.2, 0) is 17.9 Å². The summed E-state index contributed by atoms with van der Waals surface area (Å²) in [6.45, 7) is 1.03. The maximum Gasteiger partial charge on any atom is 0.158 e. The van der Waals surface area contributed by atoms with Gasteiger partial charge in [-0.05, 0) is 17.7 Å². The molecule has 0 fully saturated rings. The average molecular weight is 288 g/mol. The maximum absolute atomic E-state index is 5.21. The van der Waals surface area contributed by atoms with Crippen LogP contribution >= 0.6 is 0 Å². The fourth-order valence-electron chi connectivity index (χ4n) is 1.88. The van der Waals surface area contributed by atoms with Gasteiger partial charge in [0.25, 0.3) is 0 Å². The molecule has 6 nitrogen and oxygen atoms in total. The third-order valence-electron chi connectivity index (χ3n) is 2.91. The van der Waals surface area contributed by atoms with Crippen molar-refractivity contribution in [2.75, 3.05) is 31.9 Å². The molecule has 0 radical (unpaired) electrons. The second-order valence-electron chi connectivity index (χ2n) is 4.44. The Bertz CT molecular complexity index is 590. The first-order valence-corrected chi connectivity index (χ1v) is 6.66. The summed E-state index contributed by atoms with van der Waals surface area (Å²) in [7, 11) is 5.11. The number of benzene rings is 1. The lowest BCUT2D eigenvalue weighted by atomic mass is 10.2. The van der Waals surface area contributed by atoms with E-state index in [1.54, 1.807) is 14.2 Å². The molecule has 0 aliphatic carbocycles. The lowest BCUT2D eigenvalue weighted by molar-refractivity contribution is 0.178. The summed E-state index contributed by atoms with van der Waals surface area (Å²) in [5.74, 6) is 2.99. The number of hydrogen-bond donors (Lipinski definition) is 2. The Morgan fingerprint density at radius 2 is 1.90 bits per heavy atom. The molecule has 0 atom stereocenters. The van der Waals surface area contributed by atoms with Crippen molar-refractivity contribution in [3.63, 3.8) is 0 Å². The van der Waals surface area contributed by atoms with Crippen LogP contribution in [0.1, 0.15) is 11.4 Å². The Labute approximate surface area is 124 Å². The van der Waals surface area contributed by atoms with Crippen molar-refractivity contribution in [1.29, 1.82) is 0 Å². The highest BCUT2D eigenvalue weighted by Gasteiger charge is 2.04. The van der Waals surface area contributed by atoms with E-state index in [1.807, 2.05) is 37.4 Å². The number of ether oxygens (including phenoxy) is 2. The van der Waals surface area contributed by atoms with Crippen LogP contribution in [0.25, 0.3) is 0 Å². The van der Waals surface area contributed by atoms with E-state index in [0.29, 0.717) is 19.0 Å². The summed E-state index contributed by atoms with van der Waals surface area (Å²) >= 11 is 0. The molecule has 0 bridgehead atoms. The molecule has 112 valence electrons. The molecule has 6 heteroatoms. The van der Waals surface area contributed by atoms with Gasteiger partial charge in [0.05, 0.1) is 7.11 Å². The van der Waals surface area contributed by atoms with Gasteiger partial charge in [0, 0.05) is 26.8 Å². The van der Waals surface area contributed by atoms with E-state index < -0.39 is 0 Å². The van der Waals surface area contributed by atoms with Crippen LogP contribution in [0, 0.1) is 0 Å². The van der Waals surface area contributed by atoms with Crippen LogP contribution in [0.5, 0.6) is 5.75 Å². The molecule has 1 heterocycles. The molecule has 1 aromatic carbocycles. The van der Waals surface area contributed by atoms with Crippen molar-refractivity contribution in [3.8, 4) is 5.75 Å². The minimum Gasteiger partial charge on any atom is -0.497 e. The van der Waals surface area contributed by atoms with Gasteiger partial charge in [0.2, 0.25) is 0 Å². The van der Waals surface area contributed by atoms with Crippen LogP contribution in [0.3, 0.4) is 0 Å². The first kappa shape index (κ1) is 15.1. The number of nitrogens with one attached hydrogen (secondary N) is 2. The molecule has 2 N–H and O–H groups in total. The van der Waals surface area contributed by atoms with Gasteiger partial charge in [-0.15, -0.1) is 0 Å². The van der Waals surface area contributed by atoms with Gasteiger partial charge in [0.15, 0.2) is 5.82 Å². The SMILES string of the molecule is CNc1cc(NCc2cccc(OC)c2)nc(COC)n1. The molecule has 0 amide bonds. The number of rotatable bonds is 7. The Hall–Kier alpha value is -2.34. The number of nitrogens with zero attached hydrogens (tertiary/aromatic N) is 2. The van der Waals surface area contributed by atoms with E-state index in [1.165, 1.54) is 0 Å². The van der Waals surface area contributed by atoms with Gasteiger partial charge in [-0.25, -0.2) is 9.97 Å². The zero-order valence-corrected chi connectivity index (χ0v) is 12.5. The van der Waals surface area contributed by atoms with Crippen molar-refractivity contribution in [3.05, 3.63) is 41.7 Å². The van der Waals surface area contributed by atoms with Crippen LogP contribution in [-0.4, -0.2) is 31.2 Å². The Morgan fingerprint density at radius 1 is 1.10 bits per heavy atom. The highest BCUT2D eigenvalue weighted by Crippen LogP contribution is 2.15. The standard InChI is InChI=1S/C15H20N4O2/c1-16-13-8-14(19-15(18-13)10-20-2)17-9-11-5-4-6-12(7-11)21-3/h4-8H,9-10H2,1-3H3,(H2,16,17,18,19). The molecule has 0 aliphatic rings. The zero-order chi connectivity index (χ0) is 15.1. The fourth-order valence-corrected chi connectivity index (χ4v) is 1.88. The molecule has 2 aromatic rings. The van der Waals surface area contributed by atoms with E-state index in [0.717, 1.165) is 22.9 Å². The molecule has 0 saturated heterocycles. The first-order valence-electron chi connectivity index (χ1n) is 6.66. The third-order valence-corrected chi connectivity index (χ3v) is 2.91. The molecule has 0 unspecified atom stereocenters. The van der Waals surface area contributed by atoms with Crippen LogP contribution in [0.15, 0.2) is 30.3 Å². The number of aromatic nitrogens is 2. The number of methoxy groups -OCH3 is 2. The summed E-state index contributed by atoms with van der Waals surface area (Å²) in [6.07, 6.45) is 0. The first-order chi connectivity index (χ1) is 10.2. The van der Waals surface area contributed by atoms with Gasteiger partial charge < -0.3 is 20.1 Å². The maximum atomic E-state index is 5.21. The molecule has 21 heavy (non-hydrogen) atoms. The third kappa shape index (κ3) is 4.32. The van der Waals surface area contributed by atoms with Crippen molar-refractivity contribution in [1.82, 2.24) is 9.97 Å². The number of anilines is 2. The van der Waals surface area contributed by atoms with Crippen LogP contribution in [0.2, 0.25) is 0 Å². The Morgan fingerprint density at radius 3 is 2.62 bits per heavy atom. The Balaban J connectivity index is 2.09. The van der Waals surface area contributed by atoms with E-state index in [-0.39, 0.29) is 0 Å². The predicted octanol–water partition coefficient (Wildman–Crippen LogP) is 2.29. The van der Waals surface area contributed by atoms with Gasteiger partial charge >= 0.3 is 0 Å². The van der Waals surface area contributed by atoms with E-state index in [2.05, 4.69) is 20.6 Å². The Kier molecular flexibility index (Phi) is 5.34. The molecular formula is C15H20N4O2. The van der Waals surface area contributed by atoms with Crippen molar-refractivity contribution >= 4 is 11.6 Å². The van der Waals surface area contributed by atoms with Gasteiger partial charge in [-0.2, -0.15) is 0 Å². The van der Waals surface area contributed by atoms with Gasteiger partial charge in [0.1, 0.15) is 24.0 Å². The molecule has 0 saturated carbocycles. The van der Waals surface area contributed by atoms with Crippen LogP contribution in [0.4, 0.5) is 11.6 Å². The van der Waals surface area contributed by atoms with Crippen LogP contribution < -0.4 is 15.4 Å². The highest BCUT2D eigenvalue weighted by atomic mass is 16.5. The van der Waals surface area contributed by atoms with Crippen molar-refractivity contribution < 1.29 is 9.47 Å². The lowest BCUT2D eigenvalue weighted by Crippen LogP contribution is -2.07. The summed E-state index contributed by atoms with van der Waals surface area (Å²) in [4.78, 5) is 8.73. The molecule has 0 spiro atoms. The van der Waals surface area contributed by atoms with Gasteiger partial charge in [-0.1, -0.05) is 12.1 Å². The quantitative estimate of drug-likeness (QED) is 0.814. The minimum atomic E-state index is 0.378. The smallest absolute Gasteiger partial charge is 0.158 e. The summed E-state index contributed by atoms with van der Waals surface area (Å²) < 4.78 is 10.3. The molecule has 0 aliphatic heterocycles. The summed E-state index contributed by atoms with van der Waals surface area (Å²) in [6, 6.07) is 9.77.